The molecule has 0 spiro atoms. The van der Waals surface area contributed by atoms with Crippen LogP contribution in [-0.2, 0) is 0 Å². The van der Waals surface area contributed by atoms with Crippen molar-refractivity contribution in [1.82, 2.24) is 10.2 Å². The van der Waals surface area contributed by atoms with E-state index in [0.717, 1.165) is 17.3 Å². The highest BCUT2D eigenvalue weighted by Gasteiger charge is 2.29. The van der Waals surface area contributed by atoms with Crippen LogP contribution in [0.3, 0.4) is 0 Å². The summed E-state index contributed by atoms with van der Waals surface area (Å²) < 4.78 is 0. The maximum Gasteiger partial charge on any atom is 0.0212 e. The number of hydrogen-bond donors (Lipinski definition) is 1. The summed E-state index contributed by atoms with van der Waals surface area (Å²) in [6.45, 7) is 4.85. The van der Waals surface area contributed by atoms with Crippen LogP contribution in [0.2, 0.25) is 0 Å². The molecule has 1 N–H and O–H groups in total. The van der Waals surface area contributed by atoms with Gasteiger partial charge in [-0.2, -0.15) is 11.8 Å². The maximum atomic E-state index is 3.51. The molecule has 0 aromatic heterocycles. The van der Waals surface area contributed by atoms with Crippen molar-refractivity contribution in [2.45, 2.75) is 56.4 Å². The quantitative estimate of drug-likeness (QED) is 0.800. The third kappa shape index (κ3) is 3.14. The van der Waals surface area contributed by atoms with Crippen LogP contribution < -0.4 is 5.32 Å². The lowest BCUT2D eigenvalue weighted by Crippen LogP contribution is -2.46. The number of rotatable bonds is 2. The minimum Gasteiger partial charge on any atom is -0.317 e. The number of hydrogen-bond acceptors (Lipinski definition) is 3. The Kier molecular flexibility index (Phi) is 4.98. The Balaban J connectivity index is 1.90. The van der Waals surface area contributed by atoms with Gasteiger partial charge in [-0.1, -0.05) is 6.92 Å². The van der Waals surface area contributed by atoms with Gasteiger partial charge in [0.15, 0.2) is 0 Å². The standard InChI is InChI=1S/C13H26N2S/c1-11-13(6-4-10-16-11)15(2)12-5-3-8-14-9-7-12/h11-14H,3-10H2,1-2H3. The van der Waals surface area contributed by atoms with Crippen LogP contribution in [0.4, 0.5) is 0 Å². The lowest BCUT2D eigenvalue weighted by Gasteiger charge is -2.40. The molecule has 94 valence electrons. The number of thioether (sulfide) groups is 1. The maximum absolute atomic E-state index is 3.51. The fourth-order valence-corrected chi connectivity index (χ4v) is 4.38. The van der Waals surface area contributed by atoms with Crippen molar-refractivity contribution in [2.24, 2.45) is 0 Å². The van der Waals surface area contributed by atoms with E-state index in [0.29, 0.717) is 0 Å². The molecular formula is C13H26N2S. The lowest BCUT2D eigenvalue weighted by atomic mass is 10.0. The Labute approximate surface area is 105 Å². The second-order valence-corrected chi connectivity index (χ2v) is 6.77. The molecule has 3 heteroatoms. The molecule has 2 fully saturated rings. The fourth-order valence-electron chi connectivity index (χ4n) is 3.12. The first-order chi connectivity index (χ1) is 7.79. The van der Waals surface area contributed by atoms with E-state index in [-0.39, 0.29) is 0 Å². The third-order valence-electron chi connectivity index (χ3n) is 4.21. The topological polar surface area (TPSA) is 15.3 Å². The normalized spacial score (nSPS) is 37.3. The van der Waals surface area contributed by atoms with Gasteiger partial charge in [0, 0.05) is 17.3 Å². The van der Waals surface area contributed by atoms with Crippen LogP contribution in [0.15, 0.2) is 0 Å². The van der Waals surface area contributed by atoms with Crippen LogP contribution in [0.25, 0.3) is 0 Å². The summed E-state index contributed by atoms with van der Waals surface area (Å²) >= 11 is 2.17. The molecule has 0 aromatic rings. The molecule has 2 aliphatic heterocycles. The lowest BCUT2D eigenvalue weighted by molar-refractivity contribution is 0.149. The molecule has 0 aromatic carbocycles. The number of nitrogens with one attached hydrogen (secondary N) is 1. The number of nitrogens with zero attached hydrogens (tertiary/aromatic N) is 1. The van der Waals surface area contributed by atoms with Crippen molar-refractivity contribution in [2.75, 3.05) is 25.9 Å². The molecule has 0 saturated carbocycles. The van der Waals surface area contributed by atoms with E-state index in [2.05, 4.69) is 35.9 Å². The highest BCUT2D eigenvalue weighted by atomic mass is 32.2. The van der Waals surface area contributed by atoms with Crippen LogP contribution >= 0.6 is 11.8 Å². The van der Waals surface area contributed by atoms with Crippen LogP contribution in [0.1, 0.15) is 39.0 Å². The summed E-state index contributed by atoms with van der Waals surface area (Å²) in [6, 6.07) is 1.64. The van der Waals surface area contributed by atoms with E-state index in [1.807, 2.05) is 0 Å². The Morgan fingerprint density at radius 1 is 1.12 bits per heavy atom. The molecule has 0 aliphatic carbocycles. The molecular weight excluding hydrogens is 216 g/mol. The van der Waals surface area contributed by atoms with Crippen molar-refractivity contribution in [3.05, 3.63) is 0 Å². The van der Waals surface area contributed by atoms with E-state index in [1.165, 1.54) is 50.9 Å². The van der Waals surface area contributed by atoms with Gasteiger partial charge in [0.05, 0.1) is 0 Å². The molecule has 2 heterocycles. The summed E-state index contributed by atoms with van der Waals surface area (Å²) in [5.41, 5.74) is 0. The Morgan fingerprint density at radius 2 is 2.00 bits per heavy atom. The summed E-state index contributed by atoms with van der Waals surface area (Å²) in [5.74, 6) is 1.37. The minimum absolute atomic E-state index is 0.821. The first-order valence-electron chi connectivity index (χ1n) is 6.83. The van der Waals surface area contributed by atoms with Gasteiger partial charge in [0.1, 0.15) is 0 Å². The molecule has 16 heavy (non-hydrogen) atoms. The Morgan fingerprint density at radius 3 is 2.81 bits per heavy atom. The smallest absolute Gasteiger partial charge is 0.0212 e. The third-order valence-corrected chi connectivity index (χ3v) is 5.58. The minimum atomic E-state index is 0.821. The molecule has 0 radical (unpaired) electrons. The van der Waals surface area contributed by atoms with E-state index < -0.39 is 0 Å². The molecule has 3 atom stereocenters. The highest BCUT2D eigenvalue weighted by Crippen LogP contribution is 2.30. The van der Waals surface area contributed by atoms with E-state index in [9.17, 15) is 0 Å². The first kappa shape index (κ1) is 12.7. The molecule has 3 unspecified atom stereocenters. The summed E-state index contributed by atoms with van der Waals surface area (Å²) in [7, 11) is 2.36. The van der Waals surface area contributed by atoms with Crippen molar-refractivity contribution < 1.29 is 0 Å². The molecule has 2 aliphatic rings. The molecule has 0 amide bonds. The predicted octanol–water partition coefficient (Wildman–Crippen LogP) is 2.34. The van der Waals surface area contributed by atoms with Gasteiger partial charge in [-0.15, -0.1) is 0 Å². The van der Waals surface area contributed by atoms with Gasteiger partial charge in [-0.25, -0.2) is 0 Å². The second-order valence-electron chi connectivity index (χ2n) is 5.29. The van der Waals surface area contributed by atoms with Gasteiger partial charge < -0.3 is 5.32 Å². The van der Waals surface area contributed by atoms with E-state index >= 15 is 0 Å². The SMILES string of the molecule is CC1SCCCC1N(C)C1CCCNCC1. The highest BCUT2D eigenvalue weighted by molar-refractivity contribution is 7.99. The van der Waals surface area contributed by atoms with E-state index in [1.54, 1.807) is 0 Å². The van der Waals surface area contributed by atoms with Crippen LogP contribution in [0, 0.1) is 0 Å². The monoisotopic (exact) mass is 242 g/mol. The van der Waals surface area contributed by atoms with Gasteiger partial charge in [-0.3, -0.25) is 4.90 Å². The summed E-state index contributed by atoms with van der Waals surface area (Å²) in [5, 5.41) is 4.34. The van der Waals surface area contributed by atoms with Gasteiger partial charge in [-0.05, 0) is 58.0 Å². The van der Waals surface area contributed by atoms with Gasteiger partial charge in [0.2, 0.25) is 0 Å². The predicted molar refractivity (Wildman–Crippen MR) is 73.2 cm³/mol. The molecule has 0 bridgehead atoms. The van der Waals surface area contributed by atoms with Crippen LogP contribution in [0.5, 0.6) is 0 Å². The Bertz CT molecular complexity index is 202. The van der Waals surface area contributed by atoms with Crippen molar-refractivity contribution in [1.29, 1.82) is 0 Å². The zero-order valence-corrected chi connectivity index (χ0v) is 11.6. The Hall–Kier alpha value is 0.270. The molecule has 2 rings (SSSR count). The van der Waals surface area contributed by atoms with Crippen molar-refractivity contribution in [3.8, 4) is 0 Å². The summed E-state index contributed by atoms with van der Waals surface area (Å²) in [4.78, 5) is 2.70. The van der Waals surface area contributed by atoms with Gasteiger partial charge in [0.25, 0.3) is 0 Å². The average molecular weight is 242 g/mol. The molecule has 2 nitrogen and oxygen atoms in total. The van der Waals surface area contributed by atoms with Crippen molar-refractivity contribution in [3.63, 3.8) is 0 Å². The zero-order valence-electron chi connectivity index (χ0n) is 10.7. The fraction of sp³-hybridized carbons (Fsp3) is 1.00. The second kappa shape index (κ2) is 6.27. The molecule has 2 saturated heterocycles. The van der Waals surface area contributed by atoms with Crippen LogP contribution in [-0.4, -0.2) is 48.1 Å². The largest absolute Gasteiger partial charge is 0.317 e. The summed E-state index contributed by atoms with van der Waals surface area (Å²) in [6.07, 6.45) is 6.90. The zero-order chi connectivity index (χ0) is 11.4. The van der Waals surface area contributed by atoms with Gasteiger partial charge >= 0.3 is 0 Å². The first-order valence-corrected chi connectivity index (χ1v) is 7.88. The average Bonchev–Trinajstić information content (AvgIpc) is 2.57. The van der Waals surface area contributed by atoms with Crippen molar-refractivity contribution >= 4 is 11.8 Å². The van der Waals surface area contributed by atoms with E-state index in [4.69, 9.17) is 0 Å².